The van der Waals surface area contributed by atoms with Crippen molar-refractivity contribution in [3.8, 4) is 6.07 Å². The zero-order valence-corrected chi connectivity index (χ0v) is 12.3. The van der Waals surface area contributed by atoms with Crippen molar-refractivity contribution in [1.82, 2.24) is 0 Å². The largest absolute Gasteiger partial charge is 0.378 e. The number of benzene rings is 1. The molecule has 0 N–H and O–H groups in total. The van der Waals surface area contributed by atoms with E-state index in [1.807, 2.05) is 30.3 Å². The number of nitriles is 1. The second kappa shape index (κ2) is 8.43. The number of hydrogen-bond donors (Lipinski definition) is 0. The van der Waals surface area contributed by atoms with E-state index >= 15 is 0 Å². The second-order valence-corrected chi connectivity index (χ2v) is 5.32. The Bertz CT molecular complexity index is 475. The summed E-state index contributed by atoms with van der Waals surface area (Å²) < 4.78 is 5.67. The zero-order valence-electron chi connectivity index (χ0n) is 12.3. The first-order valence-corrected chi connectivity index (χ1v) is 7.65. The van der Waals surface area contributed by atoms with Gasteiger partial charge in [-0.1, -0.05) is 18.2 Å². The first kappa shape index (κ1) is 15.5. The molecule has 2 rings (SSSR count). The maximum absolute atomic E-state index is 12.5. The zero-order chi connectivity index (χ0) is 14.9. The summed E-state index contributed by atoms with van der Waals surface area (Å²) in [4.78, 5) is 14.2. The molecule has 1 atom stereocenters. The van der Waals surface area contributed by atoms with Crippen LogP contribution in [0.1, 0.15) is 38.5 Å². The lowest BCUT2D eigenvalue weighted by atomic mass is 10.0. The molecule has 0 bridgehead atoms. The minimum atomic E-state index is 0.0747. The van der Waals surface area contributed by atoms with Crippen molar-refractivity contribution < 1.29 is 9.53 Å². The number of anilines is 1. The van der Waals surface area contributed by atoms with Crippen LogP contribution >= 0.6 is 0 Å². The third-order valence-electron chi connectivity index (χ3n) is 3.77. The van der Waals surface area contributed by atoms with Gasteiger partial charge in [-0.05, 0) is 37.8 Å². The lowest BCUT2D eigenvalue weighted by molar-refractivity contribution is -0.119. The van der Waals surface area contributed by atoms with Gasteiger partial charge in [0.2, 0.25) is 5.91 Å². The number of carbonyl (C=O) groups is 1. The van der Waals surface area contributed by atoms with E-state index in [0.717, 1.165) is 31.6 Å². The van der Waals surface area contributed by atoms with Gasteiger partial charge in [-0.3, -0.25) is 4.79 Å². The smallest absolute Gasteiger partial charge is 0.227 e. The molecule has 0 spiro atoms. The fourth-order valence-electron chi connectivity index (χ4n) is 2.62. The van der Waals surface area contributed by atoms with E-state index in [1.165, 1.54) is 6.42 Å². The van der Waals surface area contributed by atoms with Crippen LogP contribution in [-0.4, -0.2) is 25.2 Å². The van der Waals surface area contributed by atoms with Crippen LogP contribution in [0, 0.1) is 11.3 Å². The molecule has 112 valence electrons. The maximum atomic E-state index is 12.5. The highest BCUT2D eigenvalue weighted by atomic mass is 16.5. The average molecular weight is 286 g/mol. The molecule has 0 saturated carbocycles. The van der Waals surface area contributed by atoms with E-state index in [-0.39, 0.29) is 12.0 Å². The van der Waals surface area contributed by atoms with Crippen LogP contribution in [0.15, 0.2) is 30.3 Å². The van der Waals surface area contributed by atoms with Gasteiger partial charge in [0.25, 0.3) is 0 Å². The minimum Gasteiger partial charge on any atom is -0.378 e. The van der Waals surface area contributed by atoms with Crippen LogP contribution in [0.4, 0.5) is 5.69 Å². The first-order valence-electron chi connectivity index (χ1n) is 7.65. The van der Waals surface area contributed by atoms with Gasteiger partial charge in [0, 0.05) is 25.3 Å². The SMILES string of the molecule is N#CCCN(C(=O)CCC1CCCCO1)c1ccccc1. The summed E-state index contributed by atoms with van der Waals surface area (Å²) >= 11 is 0. The molecule has 1 aromatic carbocycles. The third-order valence-corrected chi connectivity index (χ3v) is 3.77. The van der Waals surface area contributed by atoms with Crippen molar-refractivity contribution in [2.75, 3.05) is 18.1 Å². The van der Waals surface area contributed by atoms with Gasteiger partial charge in [0.1, 0.15) is 0 Å². The molecular formula is C17H22N2O2. The molecule has 0 aromatic heterocycles. The predicted octanol–water partition coefficient (Wildman–Crippen LogP) is 3.28. The average Bonchev–Trinajstić information content (AvgIpc) is 2.55. The highest BCUT2D eigenvalue weighted by Crippen LogP contribution is 2.20. The Morgan fingerprint density at radius 2 is 2.14 bits per heavy atom. The standard InChI is InChI=1S/C17H22N2O2/c18-12-6-13-19(15-7-2-1-3-8-15)17(20)11-10-16-9-4-5-14-21-16/h1-3,7-8,16H,4-6,9-11,13-14H2. The van der Waals surface area contributed by atoms with E-state index in [9.17, 15) is 4.79 Å². The molecular weight excluding hydrogens is 264 g/mol. The Morgan fingerprint density at radius 1 is 1.33 bits per heavy atom. The Labute approximate surface area is 126 Å². The van der Waals surface area contributed by atoms with E-state index < -0.39 is 0 Å². The highest BCUT2D eigenvalue weighted by molar-refractivity contribution is 5.93. The summed E-state index contributed by atoms with van der Waals surface area (Å²) in [6.07, 6.45) is 5.19. The molecule has 4 nitrogen and oxygen atoms in total. The first-order chi connectivity index (χ1) is 10.3. The van der Waals surface area contributed by atoms with Gasteiger partial charge < -0.3 is 9.64 Å². The third kappa shape index (κ3) is 4.87. The Morgan fingerprint density at radius 3 is 2.81 bits per heavy atom. The number of carbonyl (C=O) groups excluding carboxylic acids is 1. The number of nitrogens with zero attached hydrogens (tertiary/aromatic N) is 2. The summed E-state index contributed by atoms with van der Waals surface area (Å²) in [7, 11) is 0. The number of rotatable bonds is 6. The summed E-state index contributed by atoms with van der Waals surface area (Å²) in [5.41, 5.74) is 0.863. The molecule has 0 aliphatic carbocycles. The van der Waals surface area contributed by atoms with Crippen molar-refractivity contribution in [3.63, 3.8) is 0 Å². The quantitative estimate of drug-likeness (QED) is 0.806. The van der Waals surface area contributed by atoms with Crippen molar-refractivity contribution >= 4 is 11.6 Å². The van der Waals surface area contributed by atoms with E-state index in [0.29, 0.717) is 19.4 Å². The molecule has 1 saturated heterocycles. The minimum absolute atomic E-state index is 0.0747. The van der Waals surface area contributed by atoms with Gasteiger partial charge >= 0.3 is 0 Å². The van der Waals surface area contributed by atoms with E-state index in [4.69, 9.17) is 10.00 Å². The normalized spacial score (nSPS) is 18.0. The molecule has 1 heterocycles. The summed E-state index contributed by atoms with van der Waals surface area (Å²) in [6.45, 7) is 1.26. The topological polar surface area (TPSA) is 53.3 Å². The fraction of sp³-hybridized carbons (Fsp3) is 0.529. The summed E-state index contributed by atoms with van der Waals surface area (Å²) in [6, 6.07) is 11.7. The lowest BCUT2D eigenvalue weighted by Gasteiger charge is -2.25. The van der Waals surface area contributed by atoms with Crippen molar-refractivity contribution in [2.24, 2.45) is 0 Å². The van der Waals surface area contributed by atoms with Crippen LogP contribution < -0.4 is 4.90 Å². The molecule has 1 aliphatic heterocycles. The molecule has 21 heavy (non-hydrogen) atoms. The summed E-state index contributed by atoms with van der Waals surface area (Å²) in [5.74, 6) is 0.0747. The molecule has 1 aromatic rings. The number of amides is 1. The number of ether oxygens (including phenoxy) is 1. The molecule has 1 unspecified atom stereocenters. The van der Waals surface area contributed by atoms with Gasteiger partial charge in [-0.2, -0.15) is 5.26 Å². The Kier molecular flexibility index (Phi) is 6.23. The number of para-hydroxylation sites is 1. The molecule has 0 radical (unpaired) electrons. The molecule has 1 aliphatic rings. The van der Waals surface area contributed by atoms with Gasteiger partial charge in [0.05, 0.1) is 18.6 Å². The van der Waals surface area contributed by atoms with Gasteiger partial charge in [-0.25, -0.2) is 0 Å². The molecule has 1 amide bonds. The van der Waals surface area contributed by atoms with E-state index in [1.54, 1.807) is 4.90 Å². The fourth-order valence-corrected chi connectivity index (χ4v) is 2.62. The van der Waals surface area contributed by atoms with Crippen molar-refractivity contribution in [1.29, 1.82) is 5.26 Å². The predicted molar refractivity (Wildman–Crippen MR) is 81.9 cm³/mol. The van der Waals surface area contributed by atoms with Gasteiger partial charge in [-0.15, -0.1) is 0 Å². The van der Waals surface area contributed by atoms with E-state index in [2.05, 4.69) is 6.07 Å². The second-order valence-electron chi connectivity index (χ2n) is 5.32. The molecule has 1 fully saturated rings. The van der Waals surface area contributed by atoms with Crippen LogP contribution in [0.25, 0.3) is 0 Å². The Hall–Kier alpha value is -1.86. The van der Waals surface area contributed by atoms with Crippen LogP contribution in [0.2, 0.25) is 0 Å². The maximum Gasteiger partial charge on any atom is 0.227 e. The van der Waals surface area contributed by atoms with Gasteiger partial charge in [0.15, 0.2) is 0 Å². The van der Waals surface area contributed by atoms with Crippen LogP contribution in [-0.2, 0) is 9.53 Å². The number of hydrogen-bond acceptors (Lipinski definition) is 3. The monoisotopic (exact) mass is 286 g/mol. The summed E-state index contributed by atoms with van der Waals surface area (Å²) in [5, 5.41) is 8.77. The highest BCUT2D eigenvalue weighted by Gasteiger charge is 2.19. The van der Waals surface area contributed by atoms with Crippen LogP contribution in [0.3, 0.4) is 0 Å². The Balaban J connectivity index is 1.92. The van der Waals surface area contributed by atoms with Crippen molar-refractivity contribution in [3.05, 3.63) is 30.3 Å². The molecule has 4 heteroatoms. The van der Waals surface area contributed by atoms with Crippen LogP contribution in [0.5, 0.6) is 0 Å². The lowest BCUT2D eigenvalue weighted by Crippen LogP contribution is -2.32. The van der Waals surface area contributed by atoms with Crippen molar-refractivity contribution in [2.45, 2.75) is 44.6 Å².